The van der Waals surface area contributed by atoms with Crippen molar-refractivity contribution in [3.05, 3.63) is 71.7 Å². The van der Waals surface area contributed by atoms with Gasteiger partial charge in [-0.2, -0.15) is 0 Å². The van der Waals surface area contributed by atoms with Crippen LogP contribution in [0, 0.1) is 11.7 Å². The normalized spacial score (nSPS) is 16.2. The molecule has 0 N–H and O–H groups in total. The van der Waals surface area contributed by atoms with E-state index in [1.165, 1.54) is 30.5 Å². The highest BCUT2D eigenvalue weighted by molar-refractivity contribution is 7.90. The Morgan fingerprint density at radius 1 is 1.23 bits per heavy atom. The lowest BCUT2D eigenvalue weighted by Crippen LogP contribution is -2.34. The number of hydrogen-bond acceptors (Lipinski definition) is 6. The Kier molecular flexibility index (Phi) is 7.71. The second-order valence-electron chi connectivity index (χ2n) is 9.09. The predicted octanol–water partition coefficient (Wildman–Crippen LogP) is 3.95. The summed E-state index contributed by atoms with van der Waals surface area (Å²) in [5, 5.41) is -0.0812. The van der Waals surface area contributed by atoms with Gasteiger partial charge in [0.25, 0.3) is 0 Å². The number of benzene rings is 1. The molecule has 1 aliphatic rings. The zero-order valence-electron chi connectivity index (χ0n) is 19.9. The van der Waals surface area contributed by atoms with Gasteiger partial charge in [-0.25, -0.2) is 17.8 Å². The van der Waals surface area contributed by atoms with Crippen molar-refractivity contribution < 1.29 is 26.8 Å². The third-order valence-corrected chi connectivity index (χ3v) is 7.54. The molecule has 3 aromatic rings. The van der Waals surface area contributed by atoms with Crippen LogP contribution in [0.2, 0.25) is 0 Å². The van der Waals surface area contributed by atoms with E-state index in [1.54, 1.807) is 27.9 Å². The molecule has 1 fully saturated rings. The van der Waals surface area contributed by atoms with E-state index in [-0.39, 0.29) is 41.9 Å². The topological polar surface area (TPSA) is 94.6 Å². The summed E-state index contributed by atoms with van der Waals surface area (Å²) in [5.41, 5.74) is 1.06. The lowest BCUT2D eigenvalue weighted by molar-refractivity contribution is -0.136. The van der Waals surface area contributed by atoms with Crippen LogP contribution in [0.25, 0.3) is 0 Å². The molecule has 8 nitrogen and oxygen atoms in total. The van der Waals surface area contributed by atoms with Crippen molar-refractivity contribution in [2.45, 2.75) is 63.3 Å². The van der Waals surface area contributed by atoms with Crippen molar-refractivity contribution >= 4 is 15.7 Å². The first-order valence-electron chi connectivity index (χ1n) is 11.7. The van der Waals surface area contributed by atoms with Gasteiger partial charge in [0.15, 0.2) is 0 Å². The molecule has 1 atom stereocenters. The molecule has 0 radical (unpaired) electrons. The number of rotatable bonds is 10. The number of imidazole rings is 1. The minimum Gasteiger partial charge on any atom is -0.467 e. The fourth-order valence-corrected chi connectivity index (χ4v) is 5.68. The van der Waals surface area contributed by atoms with E-state index in [2.05, 4.69) is 4.98 Å². The average molecular weight is 504 g/mol. The van der Waals surface area contributed by atoms with Crippen LogP contribution >= 0.6 is 0 Å². The quantitative estimate of drug-likeness (QED) is 0.416. The van der Waals surface area contributed by atoms with E-state index in [9.17, 15) is 17.6 Å². The molecule has 1 saturated heterocycles. The maximum Gasteiger partial charge on any atom is 0.228 e. The highest BCUT2D eigenvalue weighted by Crippen LogP contribution is 2.23. The van der Waals surface area contributed by atoms with Gasteiger partial charge in [-0.1, -0.05) is 26.0 Å². The van der Waals surface area contributed by atoms with Crippen molar-refractivity contribution in [2.75, 3.05) is 6.61 Å². The second kappa shape index (κ2) is 10.7. The number of nitrogens with zero attached hydrogens (tertiary/aromatic N) is 3. The minimum absolute atomic E-state index is 0.0812. The zero-order chi connectivity index (χ0) is 25.0. The van der Waals surface area contributed by atoms with Gasteiger partial charge in [0.1, 0.15) is 11.6 Å². The van der Waals surface area contributed by atoms with Crippen LogP contribution in [0.1, 0.15) is 43.7 Å². The molecule has 35 heavy (non-hydrogen) atoms. The van der Waals surface area contributed by atoms with Crippen LogP contribution in [-0.2, 0) is 44.8 Å². The van der Waals surface area contributed by atoms with Crippen LogP contribution in [0.4, 0.5) is 4.39 Å². The highest BCUT2D eigenvalue weighted by Gasteiger charge is 2.29. The van der Waals surface area contributed by atoms with E-state index in [0.29, 0.717) is 30.2 Å². The number of halogens is 1. The number of hydrogen-bond donors (Lipinski definition) is 0. The van der Waals surface area contributed by atoms with Gasteiger partial charge >= 0.3 is 0 Å². The molecule has 4 rings (SSSR count). The summed E-state index contributed by atoms with van der Waals surface area (Å²) in [7, 11) is -3.85. The summed E-state index contributed by atoms with van der Waals surface area (Å²) in [6.07, 6.45) is 4.64. The van der Waals surface area contributed by atoms with Gasteiger partial charge in [0, 0.05) is 12.5 Å². The zero-order valence-corrected chi connectivity index (χ0v) is 20.7. The first-order chi connectivity index (χ1) is 16.7. The van der Waals surface area contributed by atoms with Crippen LogP contribution in [0.15, 0.2) is 58.4 Å². The van der Waals surface area contributed by atoms with Gasteiger partial charge in [0.05, 0.1) is 49.6 Å². The van der Waals surface area contributed by atoms with E-state index in [0.717, 1.165) is 12.8 Å². The van der Waals surface area contributed by atoms with Crippen molar-refractivity contribution in [1.82, 2.24) is 14.5 Å². The van der Waals surface area contributed by atoms with Crippen molar-refractivity contribution in [1.29, 1.82) is 0 Å². The fraction of sp³-hybridized carbons (Fsp3) is 0.440. The summed E-state index contributed by atoms with van der Waals surface area (Å²) in [6, 6.07) is 8.93. The van der Waals surface area contributed by atoms with E-state index >= 15 is 0 Å². The minimum atomic E-state index is -3.85. The summed E-state index contributed by atoms with van der Waals surface area (Å²) >= 11 is 0. The Bertz CT molecular complexity index is 1230. The van der Waals surface area contributed by atoms with Gasteiger partial charge in [0.2, 0.25) is 20.9 Å². The smallest absolute Gasteiger partial charge is 0.228 e. The largest absolute Gasteiger partial charge is 0.467 e. The molecule has 0 bridgehead atoms. The first kappa shape index (κ1) is 25.1. The molecule has 0 saturated carbocycles. The van der Waals surface area contributed by atoms with Gasteiger partial charge in [-0.05, 0) is 42.7 Å². The van der Waals surface area contributed by atoms with Crippen molar-refractivity contribution in [2.24, 2.45) is 5.92 Å². The Morgan fingerprint density at radius 3 is 2.63 bits per heavy atom. The van der Waals surface area contributed by atoms with Gasteiger partial charge < -0.3 is 18.6 Å². The molecule has 1 aromatic carbocycles. The number of sulfone groups is 1. The van der Waals surface area contributed by atoms with Gasteiger partial charge in [-0.15, -0.1) is 0 Å². The molecule has 0 spiro atoms. The first-order valence-corrected chi connectivity index (χ1v) is 13.3. The number of carbonyl (C=O) groups is 1. The van der Waals surface area contributed by atoms with E-state index in [1.807, 2.05) is 13.8 Å². The summed E-state index contributed by atoms with van der Waals surface area (Å²) in [5.74, 6) is -0.438. The van der Waals surface area contributed by atoms with E-state index in [4.69, 9.17) is 9.15 Å². The Hall–Kier alpha value is -2.98. The Balaban J connectivity index is 1.66. The van der Waals surface area contributed by atoms with Crippen molar-refractivity contribution in [3.63, 3.8) is 0 Å². The predicted molar refractivity (Wildman–Crippen MR) is 126 cm³/mol. The highest BCUT2D eigenvalue weighted by atomic mass is 32.2. The molecule has 188 valence electrons. The molecular formula is C25H30FN3O5S. The molecular weight excluding hydrogens is 473 g/mol. The number of amides is 1. The maximum atomic E-state index is 13.4. The average Bonchev–Trinajstić information content (AvgIpc) is 3.58. The molecule has 10 heteroatoms. The lowest BCUT2D eigenvalue weighted by Gasteiger charge is -2.25. The molecule has 2 aromatic heterocycles. The molecule has 1 amide bonds. The second-order valence-corrected chi connectivity index (χ2v) is 11.0. The van der Waals surface area contributed by atoms with E-state index < -0.39 is 15.7 Å². The van der Waals surface area contributed by atoms with Gasteiger partial charge in [-0.3, -0.25) is 4.79 Å². The Labute approximate surface area is 204 Å². The molecule has 0 unspecified atom stereocenters. The number of ether oxygens (including phenoxy) is 1. The lowest BCUT2D eigenvalue weighted by atomic mass is 10.1. The van der Waals surface area contributed by atoms with Crippen LogP contribution in [-0.4, -0.2) is 41.5 Å². The van der Waals surface area contributed by atoms with Crippen LogP contribution in [0.3, 0.4) is 0 Å². The summed E-state index contributed by atoms with van der Waals surface area (Å²) in [4.78, 5) is 18.9. The summed E-state index contributed by atoms with van der Waals surface area (Å²) in [6.45, 7) is 5.01. The summed E-state index contributed by atoms with van der Waals surface area (Å²) < 4.78 is 52.9. The number of carbonyl (C=O) groups excluding carboxylic acids is 1. The number of aromatic nitrogens is 2. The van der Waals surface area contributed by atoms with Crippen LogP contribution in [0.5, 0.6) is 0 Å². The molecule has 1 aliphatic heterocycles. The fourth-order valence-electron chi connectivity index (χ4n) is 4.18. The van der Waals surface area contributed by atoms with Crippen molar-refractivity contribution in [3.8, 4) is 0 Å². The Morgan fingerprint density at radius 2 is 2.00 bits per heavy atom. The third-order valence-electron chi connectivity index (χ3n) is 5.95. The standard InChI is InChI=1S/C25H30FN3O5S/c1-18(2)24(30)28(15-22-5-3-11-33-22)14-21-13-27-25(29(21)16-23-6-4-12-34-23)35(31,32)17-19-7-9-20(26)10-8-19/h3,5,7-11,13,18,23H,4,6,12,14-17H2,1-2H3/t23-/m0/s1. The van der Waals surface area contributed by atoms with Crippen LogP contribution < -0.4 is 0 Å². The third kappa shape index (κ3) is 6.18. The molecule has 3 heterocycles. The maximum absolute atomic E-state index is 13.4. The SMILES string of the molecule is CC(C)C(=O)N(Cc1ccco1)Cc1cnc(S(=O)(=O)Cc2ccc(F)cc2)n1C[C@@H]1CCCO1. The number of furan rings is 1. The monoisotopic (exact) mass is 503 g/mol. The molecule has 0 aliphatic carbocycles.